The van der Waals surface area contributed by atoms with Crippen LogP contribution in [0.5, 0.6) is 0 Å². The van der Waals surface area contributed by atoms with Crippen LogP contribution in [0.4, 0.5) is 5.69 Å². The maximum atomic E-state index is 12.2. The van der Waals surface area contributed by atoms with Gasteiger partial charge in [0.15, 0.2) is 0 Å². The molecule has 4 heteroatoms. The van der Waals surface area contributed by atoms with E-state index in [0.29, 0.717) is 0 Å². The lowest BCUT2D eigenvalue weighted by Gasteiger charge is -2.10. The van der Waals surface area contributed by atoms with Gasteiger partial charge in [-0.15, -0.1) is 0 Å². The van der Waals surface area contributed by atoms with Crippen LogP contribution < -0.4 is 10.6 Å². The maximum absolute atomic E-state index is 12.2. The highest BCUT2D eigenvalue weighted by molar-refractivity contribution is 6.07. The minimum Gasteiger partial charge on any atom is -0.456 e. The molecule has 1 amide bonds. The standard InChI is InChI=1S/C17H16N2O2/c20-17(14-5-3-9-18-14)19-11-7-8-16-13(10-11)12-4-1-2-6-15(12)21-16/h1-2,4,6-8,10,14,18H,3,5,9H2,(H,19,20)/t14-/m1/s1. The highest BCUT2D eigenvalue weighted by Gasteiger charge is 2.22. The van der Waals surface area contributed by atoms with E-state index in [0.717, 1.165) is 47.0 Å². The molecule has 0 unspecified atom stereocenters. The average molecular weight is 280 g/mol. The molecule has 0 aliphatic carbocycles. The Balaban J connectivity index is 1.69. The van der Waals surface area contributed by atoms with Crippen molar-refractivity contribution in [3.8, 4) is 0 Å². The van der Waals surface area contributed by atoms with Crippen LogP contribution >= 0.6 is 0 Å². The quantitative estimate of drug-likeness (QED) is 0.757. The van der Waals surface area contributed by atoms with E-state index < -0.39 is 0 Å². The van der Waals surface area contributed by atoms with E-state index in [4.69, 9.17) is 4.42 Å². The van der Waals surface area contributed by atoms with Gasteiger partial charge in [0.25, 0.3) is 0 Å². The normalized spacial score (nSPS) is 18.4. The molecule has 2 heterocycles. The Morgan fingerprint density at radius 2 is 2.00 bits per heavy atom. The molecule has 1 aromatic heterocycles. The van der Waals surface area contributed by atoms with Crippen molar-refractivity contribution in [1.82, 2.24) is 5.32 Å². The van der Waals surface area contributed by atoms with Crippen LogP contribution in [0.3, 0.4) is 0 Å². The number of amides is 1. The number of carbonyl (C=O) groups is 1. The molecule has 0 saturated carbocycles. The van der Waals surface area contributed by atoms with Gasteiger partial charge in [0.05, 0.1) is 6.04 Å². The fraction of sp³-hybridized carbons (Fsp3) is 0.235. The predicted molar refractivity (Wildman–Crippen MR) is 83.4 cm³/mol. The van der Waals surface area contributed by atoms with Crippen molar-refractivity contribution in [2.24, 2.45) is 0 Å². The third-order valence-corrected chi connectivity index (χ3v) is 4.02. The first-order chi connectivity index (χ1) is 10.3. The lowest BCUT2D eigenvalue weighted by molar-refractivity contribution is -0.117. The van der Waals surface area contributed by atoms with Crippen molar-refractivity contribution in [2.45, 2.75) is 18.9 Å². The van der Waals surface area contributed by atoms with Crippen molar-refractivity contribution < 1.29 is 9.21 Å². The minimum atomic E-state index is -0.0678. The molecule has 21 heavy (non-hydrogen) atoms. The third-order valence-electron chi connectivity index (χ3n) is 4.02. The van der Waals surface area contributed by atoms with Gasteiger partial charge < -0.3 is 15.1 Å². The highest BCUT2D eigenvalue weighted by atomic mass is 16.3. The molecule has 2 aromatic carbocycles. The Morgan fingerprint density at radius 1 is 1.14 bits per heavy atom. The van der Waals surface area contributed by atoms with Crippen molar-refractivity contribution in [3.63, 3.8) is 0 Å². The molecule has 0 radical (unpaired) electrons. The maximum Gasteiger partial charge on any atom is 0.241 e. The van der Waals surface area contributed by atoms with E-state index in [1.54, 1.807) is 0 Å². The summed E-state index contributed by atoms with van der Waals surface area (Å²) < 4.78 is 5.79. The van der Waals surface area contributed by atoms with E-state index in [9.17, 15) is 4.79 Å². The molecule has 1 aliphatic rings. The number of hydrogen-bond acceptors (Lipinski definition) is 3. The molecule has 1 atom stereocenters. The van der Waals surface area contributed by atoms with Gasteiger partial charge in [0.1, 0.15) is 11.2 Å². The molecule has 106 valence electrons. The van der Waals surface area contributed by atoms with Crippen LogP contribution in [-0.4, -0.2) is 18.5 Å². The monoisotopic (exact) mass is 280 g/mol. The van der Waals surface area contributed by atoms with E-state index in [1.807, 2.05) is 42.5 Å². The summed E-state index contributed by atoms with van der Waals surface area (Å²) in [5.41, 5.74) is 2.52. The van der Waals surface area contributed by atoms with Crippen molar-refractivity contribution in [2.75, 3.05) is 11.9 Å². The first-order valence-electron chi connectivity index (χ1n) is 7.27. The Bertz CT molecular complexity index is 816. The summed E-state index contributed by atoms with van der Waals surface area (Å²) in [5.74, 6) is 0.0413. The Labute approximate surface area is 122 Å². The van der Waals surface area contributed by atoms with E-state index in [1.165, 1.54) is 0 Å². The summed E-state index contributed by atoms with van der Waals surface area (Å²) >= 11 is 0. The summed E-state index contributed by atoms with van der Waals surface area (Å²) in [6.45, 7) is 0.920. The van der Waals surface area contributed by atoms with Gasteiger partial charge in [-0.05, 0) is 43.7 Å². The fourth-order valence-corrected chi connectivity index (χ4v) is 2.94. The molecule has 1 fully saturated rings. The van der Waals surface area contributed by atoms with Crippen molar-refractivity contribution in [1.29, 1.82) is 0 Å². The lowest BCUT2D eigenvalue weighted by Crippen LogP contribution is -2.35. The first-order valence-corrected chi connectivity index (χ1v) is 7.27. The van der Waals surface area contributed by atoms with Gasteiger partial charge in [-0.25, -0.2) is 0 Å². The highest BCUT2D eigenvalue weighted by Crippen LogP contribution is 2.30. The van der Waals surface area contributed by atoms with Crippen molar-refractivity contribution in [3.05, 3.63) is 42.5 Å². The minimum absolute atomic E-state index is 0.0413. The number of fused-ring (bicyclic) bond motifs is 3. The summed E-state index contributed by atoms with van der Waals surface area (Å²) in [4.78, 5) is 12.2. The second-order valence-corrected chi connectivity index (χ2v) is 5.45. The predicted octanol–water partition coefficient (Wildman–Crippen LogP) is 3.28. The molecule has 3 aromatic rings. The zero-order valence-electron chi connectivity index (χ0n) is 11.6. The van der Waals surface area contributed by atoms with E-state index >= 15 is 0 Å². The third kappa shape index (κ3) is 2.17. The number of benzene rings is 2. The van der Waals surface area contributed by atoms with Crippen molar-refractivity contribution >= 4 is 33.5 Å². The molecule has 4 nitrogen and oxygen atoms in total. The lowest BCUT2D eigenvalue weighted by atomic mass is 10.1. The number of hydrogen-bond donors (Lipinski definition) is 2. The van der Waals surface area contributed by atoms with Crippen LogP contribution in [0.25, 0.3) is 21.9 Å². The van der Waals surface area contributed by atoms with Gasteiger partial charge in [-0.2, -0.15) is 0 Å². The first kappa shape index (κ1) is 12.4. The molecular formula is C17H16N2O2. The largest absolute Gasteiger partial charge is 0.456 e. The zero-order valence-corrected chi connectivity index (χ0v) is 11.6. The van der Waals surface area contributed by atoms with Gasteiger partial charge >= 0.3 is 0 Å². The van der Waals surface area contributed by atoms with E-state index in [2.05, 4.69) is 10.6 Å². The van der Waals surface area contributed by atoms with Gasteiger partial charge in [0, 0.05) is 16.5 Å². The summed E-state index contributed by atoms with van der Waals surface area (Å²) in [6, 6.07) is 13.6. The molecule has 1 aliphatic heterocycles. The molecule has 2 N–H and O–H groups in total. The second kappa shape index (κ2) is 4.90. The van der Waals surface area contributed by atoms with Gasteiger partial charge in [0.2, 0.25) is 5.91 Å². The number of anilines is 1. The topological polar surface area (TPSA) is 54.3 Å². The van der Waals surface area contributed by atoms with Crippen LogP contribution in [0.2, 0.25) is 0 Å². The smallest absolute Gasteiger partial charge is 0.241 e. The molecular weight excluding hydrogens is 264 g/mol. The van der Waals surface area contributed by atoms with E-state index in [-0.39, 0.29) is 11.9 Å². The number of para-hydroxylation sites is 1. The molecule has 1 saturated heterocycles. The second-order valence-electron chi connectivity index (χ2n) is 5.45. The number of furan rings is 1. The Kier molecular flexibility index (Phi) is 2.89. The fourth-order valence-electron chi connectivity index (χ4n) is 2.94. The molecule has 0 spiro atoms. The SMILES string of the molecule is O=C(Nc1ccc2oc3ccccc3c2c1)[C@H]1CCCN1. The Morgan fingerprint density at radius 3 is 2.86 bits per heavy atom. The van der Waals surface area contributed by atoms with Crippen LogP contribution in [0.15, 0.2) is 46.9 Å². The van der Waals surface area contributed by atoms with Crippen LogP contribution in [0.1, 0.15) is 12.8 Å². The number of nitrogens with one attached hydrogen (secondary N) is 2. The summed E-state index contributed by atoms with van der Waals surface area (Å²) in [5, 5.41) is 8.30. The summed E-state index contributed by atoms with van der Waals surface area (Å²) in [7, 11) is 0. The molecule has 4 rings (SSSR count). The summed E-state index contributed by atoms with van der Waals surface area (Å²) in [6.07, 6.45) is 1.96. The van der Waals surface area contributed by atoms with Gasteiger partial charge in [-0.3, -0.25) is 4.79 Å². The van der Waals surface area contributed by atoms with Gasteiger partial charge in [-0.1, -0.05) is 18.2 Å². The Hall–Kier alpha value is -2.33. The van der Waals surface area contributed by atoms with Crippen LogP contribution in [0, 0.1) is 0 Å². The average Bonchev–Trinajstić information content (AvgIpc) is 3.14. The zero-order chi connectivity index (χ0) is 14.2. The number of rotatable bonds is 2. The number of carbonyl (C=O) groups excluding carboxylic acids is 1. The van der Waals surface area contributed by atoms with Crippen LogP contribution in [-0.2, 0) is 4.79 Å². The molecule has 0 bridgehead atoms.